The third-order valence-corrected chi connectivity index (χ3v) is 5.12. The number of rotatable bonds is 1. The summed E-state index contributed by atoms with van der Waals surface area (Å²) in [7, 11) is 0. The molecule has 0 bridgehead atoms. The third kappa shape index (κ3) is 1.72. The van der Waals surface area contributed by atoms with Gasteiger partial charge in [0.25, 0.3) is 0 Å². The summed E-state index contributed by atoms with van der Waals surface area (Å²) in [5, 5.41) is 2.73. The Morgan fingerprint density at radius 2 is 1.90 bits per heavy atom. The molecule has 0 spiro atoms. The highest BCUT2D eigenvalue weighted by Crippen LogP contribution is 2.44. The molecule has 0 unspecified atom stereocenters. The fourth-order valence-corrected chi connectivity index (χ4v) is 4.34. The van der Waals surface area contributed by atoms with E-state index in [2.05, 4.69) is 4.90 Å². The molecule has 1 saturated carbocycles. The molecule has 2 nitrogen and oxygen atoms in total. The van der Waals surface area contributed by atoms with Gasteiger partial charge < -0.3 is 4.90 Å². The topological polar surface area (TPSA) is 15.6 Å². The molecule has 0 radical (unpaired) electrons. The van der Waals surface area contributed by atoms with Crippen molar-refractivity contribution >= 4 is 22.6 Å². The average Bonchev–Trinajstić information content (AvgIpc) is 2.98. The number of hydrogen-bond acceptors (Lipinski definition) is 3. The van der Waals surface area contributed by atoms with Gasteiger partial charge in [0.15, 0.2) is 5.17 Å². The molecule has 2 heterocycles. The molecule has 1 fully saturated rings. The lowest BCUT2D eigenvalue weighted by molar-refractivity contribution is 0.304. The van der Waals surface area contributed by atoms with E-state index in [-0.39, 0.29) is 11.6 Å². The monoisotopic (exact) mass is 292 g/mol. The Balaban J connectivity index is 1.76. The minimum Gasteiger partial charge on any atom is -0.314 e. The van der Waals surface area contributed by atoms with Crippen molar-refractivity contribution in [3.05, 3.63) is 40.8 Å². The minimum absolute atomic E-state index is 0.0800. The fraction of sp³-hybridized carbons (Fsp3) is 0.400. The Morgan fingerprint density at radius 1 is 1.15 bits per heavy atom. The molecule has 1 aromatic carbocycles. The highest BCUT2D eigenvalue weighted by atomic mass is 32.2. The summed E-state index contributed by atoms with van der Waals surface area (Å²) in [6, 6.07) is 4.60. The molecule has 20 heavy (non-hydrogen) atoms. The highest BCUT2D eigenvalue weighted by Gasteiger charge is 2.43. The molecule has 4 rings (SSSR count). The Labute approximate surface area is 120 Å². The van der Waals surface area contributed by atoms with E-state index in [1.54, 1.807) is 0 Å². The van der Waals surface area contributed by atoms with E-state index in [4.69, 9.17) is 4.99 Å². The minimum atomic E-state index is -0.502. The summed E-state index contributed by atoms with van der Waals surface area (Å²) in [6.45, 7) is 0. The van der Waals surface area contributed by atoms with Gasteiger partial charge in [0.05, 0.1) is 23.3 Å². The van der Waals surface area contributed by atoms with Gasteiger partial charge in [-0.25, -0.2) is 8.78 Å². The second-order valence-electron chi connectivity index (χ2n) is 5.42. The van der Waals surface area contributed by atoms with E-state index in [0.717, 1.165) is 24.4 Å². The van der Waals surface area contributed by atoms with Gasteiger partial charge in [-0.3, -0.25) is 4.99 Å². The summed E-state index contributed by atoms with van der Waals surface area (Å²) in [4.78, 5) is 6.77. The van der Waals surface area contributed by atoms with Crippen molar-refractivity contribution < 1.29 is 8.78 Å². The molecule has 0 N–H and O–H groups in total. The average molecular weight is 292 g/mol. The number of halogens is 2. The maximum absolute atomic E-state index is 14.0. The van der Waals surface area contributed by atoms with E-state index in [1.807, 2.05) is 5.41 Å². The van der Waals surface area contributed by atoms with Crippen LogP contribution in [-0.4, -0.2) is 22.2 Å². The molecule has 1 aromatic rings. The fourth-order valence-electron chi connectivity index (χ4n) is 3.35. The van der Waals surface area contributed by atoms with Gasteiger partial charge in [-0.15, -0.1) is 0 Å². The van der Waals surface area contributed by atoms with Gasteiger partial charge in [0, 0.05) is 5.41 Å². The predicted molar refractivity (Wildman–Crippen MR) is 77.2 cm³/mol. The number of nitrogens with zero attached hydrogens (tertiary/aromatic N) is 2. The standard InChI is InChI=1S/C15H14F2N2S/c16-9-4-3-5-10(17)14(9)13-8-20-15-18-11-6-1-2-7-12(11)19(13)15/h3-5,8,11-12H,1-2,6-7H2/t11-,12+/m1/s1. The lowest BCUT2D eigenvalue weighted by Gasteiger charge is -2.32. The van der Waals surface area contributed by atoms with Crippen LogP contribution >= 0.6 is 11.8 Å². The van der Waals surface area contributed by atoms with Gasteiger partial charge in [-0.2, -0.15) is 0 Å². The molecule has 1 aliphatic carbocycles. The number of fused-ring (bicyclic) bond motifs is 3. The zero-order chi connectivity index (χ0) is 13.7. The quantitative estimate of drug-likeness (QED) is 0.777. The van der Waals surface area contributed by atoms with Crippen LogP contribution in [0, 0.1) is 11.6 Å². The summed E-state index contributed by atoms with van der Waals surface area (Å²) in [6.07, 6.45) is 4.49. The van der Waals surface area contributed by atoms with Crippen LogP contribution in [0.25, 0.3) is 5.70 Å². The Hall–Kier alpha value is -1.36. The molecular formula is C15H14F2N2S. The van der Waals surface area contributed by atoms with Crippen LogP contribution in [0.5, 0.6) is 0 Å². The van der Waals surface area contributed by atoms with Crippen molar-refractivity contribution in [1.29, 1.82) is 0 Å². The Morgan fingerprint density at radius 3 is 2.70 bits per heavy atom. The SMILES string of the molecule is Fc1cccc(F)c1C1=CSC2=N[C@@H]3CCCC[C@@H]3N12. The van der Waals surface area contributed by atoms with E-state index in [1.165, 1.54) is 36.4 Å². The molecule has 2 aliphatic heterocycles. The van der Waals surface area contributed by atoms with Crippen molar-refractivity contribution in [2.75, 3.05) is 0 Å². The number of thioether (sulfide) groups is 1. The highest BCUT2D eigenvalue weighted by molar-refractivity contribution is 8.16. The molecular weight excluding hydrogens is 278 g/mol. The predicted octanol–water partition coefficient (Wildman–Crippen LogP) is 3.99. The van der Waals surface area contributed by atoms with Crippen LogP contribution < -0.4 is 0 Å². The number of amidine groups is 1. The van der Waals surface area contributed by atoms with Crippen LogP contribution in [0.15, 0.2) is 28.6 Å². The number of benzene rings is 1. The van der Waals surface area contributed by atoms with Crippen molar-refractivity contribution in [2.24, 2.45) is 4.99 Å². The normalized spacial score (nSPS) is 28.0. The lowest BCUT2D eigenvalue weighted by atomic mass is 9.90. The van der Waals surface area contributed by atoms with Gasteiger partial charge in [0.2, 0.25) is 0 Å². The van der Waals surface area contributed by atoms with Crippen molar-refractivity contribution in [3.63, 3.8) is 0 Å². The largest absolute Gasteiger partial charge is 0.314 e. The first kappa shape index (κ1) is 12.4. The molecule has 0 amide bonds. The molecule has 5 heteroatoms. The van der Waals surface area contributed by atoms with Crippen LogP contribution in [0.4, 0.5) is 8.78 Å². The van der Waals surface area contributed by atoms with E-state index >= 15 is 0 Å². The summed E-state index contributed by atoms with van der Waals surface area (Å²) in [5.41, 5.74) is 0.718. The van der Waals surface area contributed by atoms with Gasteiger partial charge in [-0.1, -0.05) is 30.7 Å². The summed E-state index contributed by atoms with van der Waals surface area (Å²) >= 11 is 1.48. The van der Waals surface area contributed by atoms with E-state index in [9.17, 15) is 8.78 Å². The number of hydrogen-bond donors (Lipinski definition) is 0. The first-order valence-electron chi connectivity index (χ1n) is 6.94. The third-order valence-electron chi connectivity index (χ3n) is 4.26. The van der Waals surface area contributed by atoms with Gasteiger partial charge in [0.1, 0.15) is 11.6 Å². The van der Waals surface area contributed by atoms with Crippen LogP contribution in [0.3, 0.4) is 0 Å². The van der Waals surface area contributed by atoms with E-state index in [0.29, 0.717) is 11.7 Å². The Bertz CT molecular complexity index is 606. The second-order valence-corrected chi connectivity index (χ2v) is 6.25. The zero-order valence-electron chi connectivity index (χ0n) is 10.9. The van der Waals surface area contributed by atoms with Crippen LogP contribution in [0.1, 0.15) is 31.2 Å². The Kier molecular flexibility index (Phi) is 2.84. The maximum Gasteiger partial charge on any atom is 0.168 e. The van der Waals surface area contributed by atoms with Crippen molar-refractivity contribution in [1.82, 2.24) is 4.90 Å². The van der Waals surface area contributed by atoms with Gasteiger partial charge >= 0.3 is 0 Å². The van der Waals surface area contributed by atoms with Crippen LogP contribution in [-0.2, 0) is 0 Å². The second kappa shape index (κ2) is 4.58. The number of aliphatic imine (C=N–C) groups is 1. The first-order valence-corrected chi connectivity index (χ1v) is 7.82. The zero-order valence-corrected chi connectivity index (χ0v) is 11.7. The summed E-state index contributed by atoms with van der Waals surface area (Å²) < 4.78 is 28.1. The smallest absolute Gasteiger partial charge is 0.168 e. The van der Waals surface area contributed by atoms with Crippen molar-refractivity contribution in [2.45, 2.75) is 37.8 Å². The molecule has 3 aliphatic rings. The lowest BCUT2D eigenvalue weighted by Crippen LogP contribution is -2.38. The first-order chi connectivity index (χ1) is 9.75. The molecule has 2 atom stereocenters. The van der Waals surface area contributed by atoms with E-state index < -0.39 is 11.6 Å². The molecule has 0 saturated heterocycles. The molecule has 104 valence electrons. The maximum atomic E-state index is 14.0. The van der Waals surface area contributed by atoms with Gasteiger partial charge in [-0.05, 0) is 25.0 Å². The van der Waals surface area contributed by atoms with Crippen LogP contribution in [0.2, 0.25) is 0 Å². The summed E-state index contributed by atoms with van der Waals surface area (Å²) in [5.74, 6) is -1.00. The molecule has 0 aromatic heterocycles. The van der Waals surface area contributed by atoms with Crippen molar-refractivity contribution in [3.8, 4) is 0 Å².